The molecule has 0 aromatic carbocycles. The second-order valence-electron chi connectivity index (χ2n) is 6.57. The summed E-state index contributed by atoms with van der Waals surface area (Å²) in [6, 6.07) is 3.18. The first-order valence-electron chi connectivity index (χ1n) is 8.60. The van der Waals surface area contributed by atoms with Crippen LogP contribution in [0.2, 0.25) is 0 Å². The molecule has 2 heterocycles. The summed E-state index contributed by atoms with van der Waals surface area (Å²) in [7, 11) is 0. The maximum atomic E-state index is 4.43. The highest BCUT2D eigenvalue weighted by atomic mass is 15.2. The van der Waals surface area contributed by atoms with Crippen LogP contribution in [-0.2, 0) is 6.54 Å². The van der Waals surface area contributed by atoms with Gasteiger partial charge in [-0.05, 0) is 31.2 Å². The van der Waals surface area contributed by atoms with Crippen molar-refractivity contribution in [3.63, 3.8) is 0 Å². The lowest BCUT2D eigenvalue weighted by atomic mass is 9.82. The van der Waals surface area contributed by atoms with Crippen LogP contribution in [0.1, 0.15) is 51.3 Å². The number of piperazine rings is 1. The molecule has 3 rings (SSSR count). The van der Waals surface area contributed by atoms with Gasteiger partial charge >= 0.3 is 0 Å². The minimum atomic E-state index is 0.619. The summed E-state index contributed by atoms with van der Waals surface area (Å²) >= 11 is 0. The summed E-state index contributed by atoms with van der Waals surface area (Å²) in [4.78, 5) is 11.5. The molecule has 1 saturated carbocycles. The molecule has 1 N–H and O–H groups in total. The fourth-order valence-electron chi connectivity index (χ4n) is 3.93. The van der Waals surface area contributed by atoms with Crippen molar-refractivity contribution in [3.05, 3.63) is 24.3 Å². The molecule has 21 heavy (non-hydrogen) atoms. The summed E-state index contributed by atoms with van der Waals surface area (Å²) in [6.45, 7) is 5.45. The van der Waals surface area contributed by atoms with Crippen LogP contribution in [0, 0.1) is 5.92 Å². The second kappa shape index (κ2) is 7.32. The van der Waals surface area contributed by atoms with E-state index in [1.165, 1.54) is 38.5 Å². The fraction of sp³-hybridized carbons (Fsp3) is 0.765. The van der Waals surface area contributed by atoms with Crippen molar-refractivity contribution in [3.8, 4) is 0 Å². The first kappa shape index (κ1) is 14.9. The van der Waals surface area contributed by atoms with Gasteiger partial charge in [0, 0.05) is 37.6 Å². The molecule has 4 heteroatoms. The lowest BCUT2D eigenvalue weighted by Crippen LogP contribution is -2.58. The molecule has 2 fully saturated rings. The summed E-state index contributed by atoms with van der Waals surface area (Å²) < 4.78 is 0. The standard InChI is InChI=1S/C17H28N4/c1-2-15-12-21(13-17-18-9-6-10-19-17)16(11-20-15)14-7-4-3-5-8-14/h6,9-10,14-16,20H,2-5,7-8,11-13H2,1H3. The normalized spacial score (nSPS) is 28.6. The number of nitrogens with zero attached hydrogens (tertiary/aromatic N) is 3. The van der Waals surface area contributed by atoms with E-state index in [4.69, 9.17) is 0 Å². The molecule has 1 aromatic heterocycles. The Kier molecular flexibility index (Phi) is 5.20. The molecule has 4 nitrogen and oxygen atoms in total. The van der Waals surface area contributed by atoms with E-state index in [-0.39, 0.29) is 0 Å². The van der Waals surface area contributed by atoms with Gasteiger partial charge in [0.25, 0.3) is 0 Å². The van der Waals surface area contributed by atoms with E-state index in [9.17, 15) is 0 Å². The van der Waals surface area contributed by atoms with Crippen LogP contribution < -0.4 is 5.32 Å². The van der Waals surface area contributed by atoms with E-state index >= 15 is 0 Å². The van der Waals surface area contributed by atoms with E-state index in [2.05, 4.69) is 27.1 Å². The van der Waals surface area contributed by atoms with Gasteiger partial charge in [0.05, 0.1) is 6.54 Å². The number of aromatic nitrogens is 2. The molecule has 0 bridgehead atoms. The highest BCUT2D eigenvalue weighted by molar-refractivity contribution is 4.95. The molecule has 2 aliphatic rings. The smallest absolute Gasteiger partial charge is 0.142 e. The molecule has 0 radical (unpaired) electrons. The zero-order valence-corrected chi connectivity index (χ0v) is 13.2. The molecule has 0 spiro atoms. The van der Waals surface area contributed by atoms with Crippen LogP contribution in [0.3, 0.4) is 0 Å². The van der Waals surface area contributed by atoms with Gasteiger partial charge in [0.1, 0.15) is 5.82 Å². The summed E-state index contributed by atoms with van der Waals surface area (Å²) in [5.41, 5.74) is 0. The fourth-order valence-corrected chi connectivity index (χ4v) is 3.93. The first-order chi connectivity index (χ1) is 10.4. The third-order valence-corrected chi connectivity index (χ3v) is 5.19. The number of rotatable bonds is 4. The molecule has 1 aliphatic carbocycles. The van der Waals surface area contributed by atoms with Crippen LogP contribution in [0.25, 0.3) is 0 Å². The summed E-state index contributed by atoms with van der Waals surface area (Å²) in [5, 5.41) is 3.75. The van der Waals surface area contributed by atoms with Crippen LogP contribution in [0.15, 0.2) is 18.5 Å². The van der Waals surface area contributed by atoms with Crippen molar-refractivity contribution in [2.45, 2.75) is 64.1 Å². The van der Waals surface area contributed by atoms with Crippen LogP contribution in [0.5, 0.6) is 0 Å². The predicted octanol–water partition coefficient (Wildman–Crippen LogP) is 2.61. The van der Waals surface area contributed by atoms with Crippen LogP contribution >= 0.6 is 0 Å². The quantitative estimate of drug-likeness (QED) is 0.924. The number of nitrogens with one attached hydrogen (secondary N) is 1. The Balaban J connectivity index is 1.70. The third kappa shape index (κ3) is 3.80. The SMILES string of the molecule is CCC1CN(Cc2ncccn2)C(C2CCCCC2)CN1. The van der Waals surface area contributed by atoms with Gasteiger partial charge in [-0.25, -0.2) is 9.97 Å². The van der Waals surface area contributed by atoms with Gasteiger partial charge < -0.3 is 5.32 Å². The van der Waals surface area contributed by atoms with Crippen LogP contribution in [-0.4, -0.2) is 40.0 Å². The van der Waals surface area contributed by atoms with Crippen molar-refractivity contribution in [1.29, 1.82) is 0 Å². The summed E-state index contributed by atoms with van der Waals surface area (Å²) in [5.74, 6) is 1.82. The molecular weight excluding hydrogens is 260 g/mol. The molecule has 116 valence electrons. The Bertz CT molecular complexity index is 416. The van der Waals surface area contributed by atoms with E-state index < -0.39 is 0 Å². The predicted molar refractivity (Wildman–Crippen MR) is 84.9 cm³/mol. The molecule has 2 atom stereocenters. The maximum absolute atomic E-state index is 4.43. The molecular formula is C17H28N4. The molecule has 1 aliphatic heterocycles. The van der Waals surface area contributed by atoms with Gasteiger partial charge in [-0.3, -0.25) is 4.90 Å². The van der Waals surface area contributed by atoms with Gasteiger partial charge in [-0.15, -0.1) is 0 Å². The van der Waals surface area contributed by atoms with E-state index in [1.807, 2.05) is 18.5 Å². The second-order valence-corrected chi connectivity index (χ2v) is 6.57. The van der Waals surface area contributed by atoms with Crippen LogP contribution in [0.4, 0.5) is 0 Å². The Morgan fingerprint density at radius 3 is 2.67 bits per heavy atom. The third-order valence-electron chi connectivity index (χ3n) is 5.19. The Labute approximate surface area is 128 Å². The minimum Gasteiger partial charge on any atom is -0.311 e. The number of hydrogen-bond donors (Lipinski definition) is 1. The monoisotopic (exact) mass is 288 g/mol. The largest absolute Gasteiger partial charge is 0.311 e. The Hall–Kier alpha value is -1.00. The molecule has 0 amide bonds. The Morgan fingerprint density at radius 2 is 1.95 bits per heavy atom. The van der Waals surface area contributed by atoms with Gasteiger partial charge in [0.15, 0.2) is 0 Å². The van der Waals surface area contributed by atoms with Gasteiger partial charge in [0.2, 0.25) is 0 Å². The van der Waals surface area contributed by atoms with Gasteiger partial charge in [-0.1, -0.05) is 26.2 Å². The van der Waals surface area contributed by atoms with Crippen molar-refractivity contribution in [2.24, 2.45) is 5.92 Å². The zero-order chi connectivity index (χ0) is 14.5. The van der Waals surface area contributed by atoms with Crippen molar-refractivity contribution < 1.29 is 0 Å². The topological polar surface area (TPSA) is 41.1 Å². The minimum absolute atomic E-state index is 0.619. The highest BCUT2D eigenvalue weighted by Crippen LogP contribution is 2.30. The lowest BCUT2D eigenvalue weighted by molar-refractivity contribution is 0.0624. The van der Waals surface area contributed by atoms with E-state index in [0.29, 0.717) is 12.1 Å². The first-order valence-corrected chi connectivity index (χ1v) is 8.60. The average molecular weight is 288 g/mol. The average Bonchev–Trinajstić information content (AvgIpc) is 2.56. The zero-order valence-electron chi connectivity index (χ0n) is 13.2. The maximum Gasteiger partial charge on any atom is 0.142 e. The van der Waals surface area contributed by atoms with Crippen molar-refractivity contribution in [2.75, 3.05) is 13.1 Å². The van der Waals surface area contributed by atoms with Crippen molar-refractivity contribution >= 4 is 0 Å². The van der Waals surface area contributed by atoms with Gasteiger partial charge in [-0.2, -0.15) is 0 Å². The summed E-state index contributed by atoms with van der Waals surface area (Å²) in [6.07, 6.45) is 12.0. The Morgan fingerprint density at radius 1 is 1.19 bits per heavy atom. The molecule has 1 aromatic rings. The van der Waals surface area contributed by atoms with E-state index in [0.717, 1.165) is 31.4 Å². The van der Waals surface area contributed by atoms with Crippen molar-refractivity contribution in [1.82, 2.24) is 20.2 Å². The number of hydrogen-bond acceptors (Lipinski definition) is 4. The molecule has 2 unspecified atom stereocenters. The lowest BCUT2D eigenvalue weighted by Gasteiger charge is -2.44. The molecule has 1 saturated heterocycles. The van der Waals surface area contributed by atoms with E-state index in [1.54, 1.807) is 0 Å². The highest BCUT2D eigenvalue weighted by Gasteiger charge is 2.33.